The molecule has 1 heterocycles. The molecule has 0 unspecified atom stereocenters. The molecule has 0 amide bonds. The zero-order valence-electron chi connectivity index (χ0n) is 7.84. The lowest BCUT2D eigenvalue weighted by Gasteiger charge is -1.90. The molecule has 0 spiro atoms. The van der Waals surface area contributed by atoms with Crippen molar-refractivity contribution >= 4 is 23.5 Å². The molecule has 0 saturated heterocycles. The zero-order chi connectivity index (χ0) is 10.0. The van der Waals surface area contributed by atoms with Crippen molar-refractivity contribution in [3.05, 3.63) is 22.5 Å². The van der Waals surface area contributed by atoms with Crippen LogP contribution in [0, 0.1) is 6.92 Å². The second-order valence-electron chi connectivity index (χ2n) is 2.86. The van der Waals surface area contributed by atoms with Crippen LogP contribution >= 0.6 is 11.6 Å². The van der Waals surface area contributed by atoms with Crippen LogP contribution in [0.5, 0.6) is 0 Å². The van der Waals surface area contributed by atoms with Crippen LogP contribution in [-0.2, 0) is 11.8 Å². The highest BCUT2D eigenvalue weighted by molar-refractivity contribution is 6.31. The molecule has 1 rings (SSSR count). The topological polar surface area (TPSA) is 34.9 Å². The highest BCUT2D eigenvalue weighted by Crippen LogP contribution is 2.19. The van der Waals surface area contributed by atoms with Crippen molar-refractivity contribution in [1.29, 1.82) is 0 Å². The van der Waals surface area contributed by atoms with Crippen LogP contribution in [0.15, 0.2) is 6.08 Å². The maximum absolute atomic E-state index is 10.7. The molecule has 70 valence electrons. The highest BCUT2D eigenvalue weighted by Gasteiger charge is 2.07. The van der Waals surface area contributed by atoms with Crippen molar-refractivity contribution in [2.75, 3.05) is 0 Å². The number of nitrogens with zero attached hydrogens (tertiary/aromatic N) is 2. The molecule has 3 nitrogen and oxygen atoms in total. The number of hydrogen-bond acceptors (Lipinski definition) is 2. The molecule has 13 heavy (non-hydrogen) atoms. The number of aromatic nitrogens is 2. The third kappa shape index (κ3) is 2.18. The minimum absolute atomic E-state index is 0.000630. The Labute approximate surface area is 82.0 Å². The van der Waals surface area contributed by atoms with E-state index in [9.17, 15) is 4.79 Å². The summed E-state index contributed by atoms with van der Waals surface area (Å²) in [6.07, 6.45) is 3.17. The van der Waals surface area contributed by atoms with Crippen molar-refractivity contribution in [3.63, 3.8) is 0 Å². The molecular formula is C9H11ClN2O. The van der Waals surface area contributed by atoms with Crippen LogP contribution in [0.4, 0.5) is 0 Å². The first kappa shape index (κ1) is 9.99. The van der Waals surface area contributed by atoms with Gasteiger partial charge in [-0.25, -0.2) is 0 Å². The van der Waals surface area contributed by atoms with E-state index in [0.717, 1.165) is 11.3 Å². The molecule has 0 fully saturated rings. The number of aryl methyl sites for hydroxylation is 2. The van der Waals surface area contributed by atoms with E-state index in [0.29, 0.717) is 5.15 Å². The molecule has 4 heteroatoms. The van der Waals surface area contributed by atoms with Crippen molar-refractivity contribution in [3.8, 4) is 0 Å². The van der Waals surface area contributed by atoms with Crippen LogP contribution in [0.2, 0.25) is 5.15 Å². The number of hydrogen-bond donors (Lipinski definition) is 0. The molecule has 0 aliphatic rings. The van der Waals surface area contributed by atoms with Gasteiger partial charge in [-0.2, -0.15) is 5.10 Å². The summed E-state index contributed by atoms with van der Waals surface area (Å²) < 4.78 is 1.58. The summed E-state index contributed by atoms with van der Waals surface area (Å²) in [4.78, 5) is 10.7. The van der Waals surface area contributed by atoms with Gasteiger partial charge >= 0.3 is 0 Å². The molecule has 1 aromatic heterocycles. The maximum Gasteiger partial charge on any atom is 0.152 e. The lowest BCUT2D eigenvalue weighted by molar-refractivity contribution is -0.112. The molecule has 0 atom stereocenters. The first-order valence-electron chi connectivity index (χ1n) is 3.90. The van der Waals surface area contributed by atoms with Gasteiger partial charge in [0.1, 0.15) is 5.15 Å². The number of allylic oxidation sites excluding steroid dienone is 1. The van der Waals surface area contributed by atoms with Gasteiger partial charge < -0.3 is 0 Å². The standard InChI is InChI=1S/C9H11ClN2O/c1-6(13)4-5-8-7(2)11-12(3)9(8)10/h4-5H,1-3H3/b5-4+. The number of ketones is 1. The van der Waals surface area contributed by atoms with E-state index < -0.39 is 0 Å². The quantitative estimate of drug-likeness (QED) is 0.682. The van der Waals surface area contributed by atoms with Crippen LogP contribution in [0.1, 0.15) is 18.2 Å². The Morgan fingerprint density at radius 2 is 2.23 bits per heavy atom. The predicted octanol–water partition coefficient (Wildman–Crippen LogP) is 1.98. The smallest absolute Gasteiger partial charge is 0.152 e. The van der Waals surface area contributed by atoms with Gasteiger partial charge in [0.05, 0.1) is 5.69 Å². The van der Waals surface area contributed by atoms with Gasteiger partial charge in [0.25, 0.3) is 0 Å². The minimum Gasteiger partial charge on any atom is -0.295 e. The Morgan fingerprint density at radius 1 is 1.62 bits per heavy atom. The number of rotatable bonds is 2. The van der Waals surface area contributed by atoms with E-state index in [-0.39, 0.29) is 5.78 Å². The molecule has 0 aliphatic heterocycles. The number of carbonyl (C=O) groups excluding carboxylic acids is 1. The molecule has 0 radical (unpaired) electrons. The van der Waals surface area contributed by atoms with Crippen LogP contribution in [0.25, 0.3) is 6.08 Å². The van der Waals surface area contributed by atoms with E-state index in [1.165, 1.54) is 13.0 Å². The minimum atomic E-state index is -0.000630. The van der Waals surface area contributed by atoms with E-state index in [1.807, 2.05) is 6.92 Å². The lowest BCUT2D eigenvalue weighted by Crippen LogP contribution is -1.88. The molecular weight excluding hydrogens is 188 g/mol. The summed E-state index contributed by atoms with van der Waals surface area (Å²) in [5.74, 6) is -0.000630. The summed E-state index contributed by atoms with van der Waals surface area (Å²) >= 11 is 5.94. The Hall–Kier alpha value is -1.09. The Balaban J connectivity index is 3.07. The Kier molecular flexibility index (Phi) is 2.88. The van der Waals surface area contributed by atoms with E-state index in [1.54, 1.807) is 17.8 Å². The molecule has 0 aliphatic carbocycles. The lowest BCUT2D eigenvalue weighted by atomic mass is 10.2. The Morgan fingerprint density at radius 3 is 2.62 bits per heavy atom. The normalized spacial score (nSPS) is 11.1. The van der Waals surface area contributed by atoms with Gasteiger partial charge in [-0.15, -0.1) is 0 Å². The van der Waals surface area contributed by atoms with Crippen molar-refractivity contribution in [2.45, 2.75) is 13.8 Å². The summed E-state index contributed by atoms with van der Waals surface area (Å²) in [7, 11) is 1.76. The average molecular weight is 199 g/mol. The molecule has 0 saturated carbocycles. The average Bonchev–Trinajstić information content (AvgIpc) is 2.24. The van der Waals surface area contributed by atoms with Crippen LogP contribution < -0.4 is 0 Å². The highest BCUT2D eigenvalue weighted by atomic mass is 35.5. The van der Waals surface area contributed by atoms with Gasteiger partial charge in [-0.3, -0.25) is 9.48 Å². The number of halogens is 1. The third-order valence-corrected chi connectivity index (χ3v) is 2.13. The van der Waals surface area contributed by atoms with Crippen LogP contribution in [0.3, 0.4) is 0 Å². The summed E-state index contributed by atoms with van der Waals surface area (Å²) in [5, 5.41) is 4.66. The molecule has 0 N–H and O–H groups in total. The Bertz CT molecular complexity index is 366. The second-order valence-corrected chi connectivity index (χ2v) is 3.22. The zero-order valence-corrected chi connectivity index (χ0v) is 8.59. The van der Waals surface area contributed by atoms with Gasteiger partial charge in [-0.05, 0) is 26.0 Å². The van der Waals surface area contributed by atoms with E-state index in [2.05, 4.69) is 5.10 Å². The first-order chi connectivity index (χ1) is 6.02. The fourth-order valence-corrected chi connectivity index (χ4v) is 1.27. The second kappa shape index (κ2) is 3.75. The monoisotopic (exact) mass is 198 g/mol. The van der Waals surface area contributed by atoms with Crippen molar-refractivity contribution in [2.24, 2.45) is 7.05 Å². The third-order valence-electron chi connectivity index (χ3n) is 1.68. The van der Waals surface area contributed by atoms with Gasteiger partial charge in [-0.1, -0.05) is 11.6 Å². The summed E-state index contributed by atoms with van der Waals surface area (Å²) in [5.41, 5.74) is 1.63. The summed E-state index contributed by atoms with van der Waals surface area (Å²) in [6, 6.07) is 0. The maximum atomic E-state index is 10.7. The van der Waals surface area contributed by atoms with Crippen molar-refractivity contribution in [1.82, 2.24) is 9.78 Å². The van der Waals surface area contributed by atoms with Gasteiger partial charge in [0.2, 0.25) is 0 Å². The SMILES string of the molecule is CC(=O)/C=C/c1c(C)nn(C)c1Cl. The fraction of sp³-hybridized carbons (Fsp3) is 0.333. The molecule has 0 bridgehead atoms. The van der Waals surface area contributed by atoms with Crippen molar-refractivity contribution < 1.29 is 4.79 Å². The van der Waals surface area contributed by atoms with Gasteiger partial charge in [0, 0.05) is 12.6 Å². The fourth-order valence-electron chi connectivity index (χ4n) is 1.04. The first-order valence-corrected chi connectivity index (χ1v) is 4.28. The van der Waals surface area contributed by atoms with Crippen LogP contribution in [-0.4, -0.2) is 15.6 Å². The number of carbonyl (C=O) groups is 1. The van der Waals surface area contributed by atoms with E-state index in [4.69, 9.17) is 11.6 Å². The predicted molar refractivity (Wildman–Crippen MR) is 52.7 cm³/mol. The largest absolute Gasteiger partial charge is 0.295 e. The molecule has 0 aromatic carbocycles. The van der Waals surface area contributed by atoms with Gasteiger partial charge in [0.15, 0.2) is 5.78 Å². The molecule has 1 aromatic rings. The summed E-state index contributed by atoms with van der Waals surface area (Å²) in [6.45, 7) is 3.35. The van der Waals surface area contributed by atoms with E-state index >= 15 is 0 Å².